The van der Waals surface area contributed by atoms with Crippen molar-refractivity contribution in [3.05, 3.63) is 61.0 Å². The van der Waals surface area contributed by atoms with Gasteiger partial charge in [-0.3, -0.25) is 4.79 Å². The Bertz CT molecular complexity index is 1290. The number of carbonyl (C=O) groups excluding carboxylic acids is 1. The lowest BCUT2D eigenvalue weighted by molar-refractivity contribution is -0.142. The lowest BCUT2D eigenvalue weighted by Gasteiger charge is -2.15. The second-order valence-electron chi connectivity index (χ2n) is 7.43. The normalized spacial score (nSPS) is 12.2. The smallest absolute Gasteiger partial charge is 0.343 e. The van der Waals surface area contributed by atoms with Crippen LogP contribution in [0.2, 0.25) is 0 Å². The van der Waals surface area contributed by atoms with Gasteiger partial charge in [-0.15, -0.1) is 0 Å². The van der Waals surface area contributed by atoms with E-state index < -0.39 is 5.97 Å². The molecule has 0 saturated heterocycles. The molecule has 0 aliphatic carbocycles. The summed E-state index contributed by atoms with van der Waals surface area (Å²) in [7, 11) is 1.29. The van der Waals surface area contributed by atoms with Crippen LogP contribution in [0, 0.1) is 0 Å². The highest BCUT2D eigenvalue weighted by Gasteiger charge is 2.17. The summed E-state index contributed by atoms with van der Waals surface area (Å²) >= 11 is 6.88. The van der Waals surface area contributed by atoms with Crippen LogP contribution in [-0.4, -0.2) is 42.2 Å². The fraction of sp³-hybridized carbons (Fsp3) is 0.333. The number of ether oxygens (including phenoxy) is 3. The molecule has 3 rings (SSSR count). The Morgan fingerprint density at radius 3 is 2.65 bits per heavy atom. The number of halogens is 2. The lowest BCUT2D eigenvalue weighted by Crippen LogP contribution is -2.23. The van der Waals surface area contributed by atoms with Gasteiger partial charge in [0.05, 0.1) is 35.3 Å². The van der Waals surface area contributed by atoms with Crippen LogP contribution < -0.4 is 15.0 Å². The van der Waals surface area contributed by atoms with Gasteiger partial charge in [0, 0.05) is 10.4 Å². The topological polar surface area (TPSA) is 92.0 Å². The van der Waals surface area contributed by atoms with Crippen molar-refractivity contribution in [3.8, 4) is 11.5 Å². The molecule has 1 heterocycles. The van der Waals surface area contributed by atoms with Crippen LogP contribution >= 0.6 is 31.9 Å². The Kier molecular flexibility index (Phi) is 8.84. The van der Waals surface area contributed by atoms with E-state index in [1.54, 1.807) is 24.4 Å². The second kappa shape index (κ2) is 11.6. The number of hydrogen-bond acceptors (Lipinski definition) is 7. The minimum Gasteiger partial charge on any atom is -0.490 e. The van der Waals surface area contributed by atoms with Gasteiger partial charge in [-0.1, -0.05) is 29.8 Å². The summed E-state index contributed by atoms with van der Waals surface area (Å²) in [6.07, 6.45) is 2.37. The molecule has 2 aromatic carbocycles. The number of rotatable bonds is 9. The van der Waals surface area contributed by atoms with Crippen LogP contribution in [0.3, 0.4) is 0 Å². The van der Waals surface area contributed by atoms with Crippen molar-refractivity contribution >= 4 is 54.9 Å². The molecule has 0 aliphatic heterocycles. The van der Waals surface area contributed by atoms with E-state index in [1.165, 1.54) is 11.8 Å². The Balaban J connectivity index is 2.07. The van der Waals surface area contributed by atoms with Crippen molar-refractivity contribution in [1.82, 2.24) is 9.66 Å². The first-order chi connectivity index (χ1) is 16.3. The molecule has 0 spiro atoms. The predicted octanol–water partition coefficient (Wildman–Crippen LogP) is 5.27. The van der Waals surface area contributed by atoms with Crippen molar-refractivity contribution in [2.24, 2.45) is 5.10 Å². The number of carbonyl (C=O) groups is 1. The SMILES string of the molecule is CCOc1cc(C=Nn2c([C@H](C)CC)nc3ccc(Br)cc3c2=O)cc(Br)c1OCC(=O)OC. The molecule has 3 aromatic rings. The molecular weight excluding hydrogens is 570 g/mol. The van der Waals surface area contributed by atoms with Crippen LogP contribution in [0.25, 0.3) is 10.9 Å². The predicted molar refractivity (Wildman–Crippen MR) is 138 cm³/mol. The maximum atomic E-state index is 13.3. The molecular formula is C24H25Br2N3O5. The molecule has 8 nitrogen and oxygen atoms in total. The van der Waals surface area contributed by atoms with E-state index in [9.17, 15) is 9.59 Å². The maximum Gasteiger partial charge on any atom is 0.343 e. The van der Waals surface area contributed by atoms with E-state index in [4.69, 9.17) is 14.5 Å². The number of methoxy groups -OCH3 is 1. The summed E-state index contributed by atoms with van der Waals surface area (Å²) in [5, 5.41) is 4.97. The maximum absolute atomic E-state index is 13.3. The van der Waals surface area contributed by atoms with E-state index in [2.05, 4.69) is 41.7 Å². The van der Waals surface area contributed by atoms with Crippen LogP contribution in [0.15, 0.2) is 49.2 Å². The Morgan fingerprint density at radius 1 is 1.21 bits per heavy atom. The van der Waals surface area contributed by atoms with Crippen LogP contribution in [0.5, 0.6) is 11.5 Å². The van der Waals surface area contributed by atoms with Gasteiger partial charge in [-0.25, -0.2) is 9.78 Å². The Morgan fingerprint density at radius 2 is 1.97 bits per heavy atom. The standard InChI is InChI=1S/C24H25Br2N3O5/c1-5-14(3)23-28-19-8-7-16(25)11-17(19)24(31)29(23)27-12-15-9-18(26)22(20(10-15)33-6-2)34-13-21(30)32-4/h7-12,14H,5-6,13H2,1-4H3/t14-/m1/s1. The molecule has 0 N–H and O–H groups in total. The molecule has 180 valence electrons. The zero-order chi connectivity index (χ0) is 24.8. The van der Waals surface area contributed by atoms with Crippen LogP contribution in [0.4, 0.5) is 0 Å². The minimum atomic E-state index is -0.507. The van der Waals surface area contributed by atoms with Gasteiger partial charge in [0.15, 0.2) is 18.1 Å². The first kappa shape index (κ1) is 25.9. The molecule has 0 unspecified atom stereocenters. The first-order valence-electron chi connectivity index (χ1n) is 10.7. The van der Waals surface area contributed by atoms with E-state index in [0.717, 1.165) is 10.9 Å². The summed E-state index contributed by atoms with van der Waals surface area (Å²) in [5.41, 5.74) is 1.04. The van der Waals surface area contributed by atoms with Gasteiger partial charge in [0.25, 0.3) is 5.56 Å². The molecule has 10 heteroatoms. The van der Waals surface area contributed by atoms with Crippen molar-refractivity contribution in [1.29, 1.82) is 0 Å². The van der Waals surface area contributed by atoms with Crippen molar-refractivity contribution in [2.75, 3.05) is 20.3 Å². The summed E-state index contributed by atoms with van der Waals surface area (Å²) in [6, 6.07) is 8.91. The molecule has 0 amide bonds. The molecule has 0 aliphatic rings. The summed E-state index contributed by atoms with van der Waals surface area (Å²) in [6.45, 7) is 6.03. The van der Waals surface area contributed by atoms with E-state index in [-0.39, 0.29) is 18.1 Å². The average molecular weight is 595 g/mol. The van der Waals surface area contributed by atoms with Crippen molar-refractivity contribution in [2.45, 2.75) is 33.1 Å². The van der Waals surface area contributed by atoms with Crippen molar-refractivity contribution in [3.63, 3.8) is 0 Å². The number of hydrogen-bond donors (Lipinski definition) is 0. The number of aromatic nitrogens is 2. The molecule has 0 bridgehead atoms. The fourth-order valence-electron chi connectivity index (χ4n) is 3.16. The van der Waals surface area contributed by atoms with E-state index in [1.807, 2.05) is 32.9 Å². The van der Waals surface area contributed by atoms with Crippen LogP contribution in [0.1, 0.15) is 44.5 Å². The number of nitrogens with zero attached hydrogens (tertiary/aromatic N) is 3. The summed E-state index contributed by atoms with van der Waals surface area (Å²) in [4.78, 5) is 29.5. The zero-order valence-corrected chi connectivity index (χ0v) is 22.5. The molecule has 1 aromatic heterocycles. The highest BCUT2D eigenvalue weighted by Crippen LogP contribution is 2.36. The fourth-order valence-corrected chi connectivity index (χ4v) is 4.09. The second-order valence-corrected chi connectivity index (χ2v) is 9.20. The molecule has 34 heavy (non-hydrogen) atoms. The van der Waals surface area contributed by atoms with Gasteiger partial charge in [0.1, 0.15) is 5.82 Å². The van der Waals surface area contributed by atoms with Gasteiger partial charge in [-0.05, 0) is 65.2 Å². The van der Waals surface area contributed by atoms with Gasteiger partial charge in [0.2, 0.25) is 0 Å². The highest BCUT2D eigenvalue weighted by molar-refractivity contribution is 9.10. The largest absolute Gasteiger partial charge is 0.490 e. The van der Waals surface area contributed by atoms with E-state index in [0.29, 0.717) is 44.9 Å². The lowest BCUT2D eigenvalue weighted by atomic mass is 10.1. The third-order valence-electron chi connectivity index (χ3n) is 5.10. The van der Waals surface area contributed by atoms with Gasteiger partial charge >= 0.3 is 5.97 Å². The monoisotopic (exact) mass is 593 g/mol. The molecule has 0 radical (unpaired) electrons. The van der Waals surface area contributed by atoms with Crippen LogP contribution in [-0.2, 0) is 9.53 Å². The van der Waals surface area contributed by atoms with Crippen molar-refractivity contribution < 1.29 is 19.0 Å². The van der Waals surface area contributed by atoms with Gasteiger partial charge < -0.3 is 14.2 Å². The van der Waals surface area contributed by atoms with Gasteiger partial charge in [-0.2, -0.15) is 9.78 Å². The minimum absolute atomic E-state index is 0.0257. The third kappa shape index (κ3) is 5.85. The molecule has 0 fully saturated rings. The highest BCUT2D eigenvalue weighted by atomic mass is 79.9. The third-order valence-corrected chi connectivity index (χ3v) is 6.18. The summed E-state index contributed by atoms with van der Waals surface area (Å²) < 4.78 is 18.6. The Hall–Kier alpha value is -2.72. The summed E-state index contributed by atoms with van der Waals surface area (Å²) in [5.74, 6) is 0.905. The van der Waals surface area contributed by atoms with E-state index >= 15 is 0 Å². The number of fused-ring (bicyclic) bond motifs is 1. The Labute approximate surface area is 214 Å². The number of esters is 1. The number of benzene rings is 2. The molecule has 1 atom stereocenters. The zero-order valence-electron chi connectivity index (χ0n) is 19.3. The molecule has 0 saturated carbocycles. The first-order valence-corrected chi connectivity index (χ1v) is 12.3. The quantitative estimate of drug-likeness (QED) is 0.248. The average Bonchev–Trinajstić information content (AvgIpc) is 2.82.